The highest BCUT2D eigenvalue weighted by molar-refractivity contribution is 14.0. The van der Waals surface area contributed by atoms with Crippen molar-refractivity contribution in [2.24, 2.45) is 16.8 Å². The van der Waals surface area contributed by atoms with Gasteiger partial charge in [0.25, 0.3) is 0 Å². The molecule has 0 spiro atoms. The summed E-state index contributed by atoms with van der Waals surface area (Å²) in [6, 6.07) is 0. The van der Waals surface area contributed by atoms with E-state index in [0.717, 1.165) is 30.9 Å². The van der Waals surface area contributed by atoms with E-state index in [0.29, 0.717) is 0 Å². The maximum Gasteiger partial charge on any atom is 0.193 e. The van der Waals surface area contributed by atoms with Gasteiger partial charge in [-0.25, -0.2) is 0 Å². The van der Waals surface area contributed by atoms with Crippen LogP contribution in [0.5, 0.6) is 0 Å². The predicted octanol–water partition coefficient (Wildman–Crippen LogP) is 2.64. The lowest BCUT2D eigenvalue weighted by Crippen LogP contribution is -2.41. The Labute approximate surface area is 147 Å². The molecule has 1 N–H and O–H groups in total. The molecule has 0 aromatic rings. The van der Waals surface area contributed by atoms with Crippen LogP contribution in [0.1, 0.15) is 39.5 Å². The molecule has 0 bridgehead atoms. The Morgan fingerprint density at radius 1 is 1.19 bits per heavy atom. The van der Waals surface area contributed by atoms with Crippen LogP contribution < -0.4 is 5.32 Å². The van der Waals surface area contributed by atoms with Crippen molar-refractivity contribution >= 4 is 29.9 Å². The summed E-state index contributed by atoms with van der Waals surface area (Å²) in [5, 5.41) is 3.55. The van der Waals surface area contributed by atoms with Gasteiger partial charge in [0.15, 0.2) is 5.96 Å². The standard InChI is InChI=1S/C16H32N4.HI/c1-4-19(5-2)12-15-9-11-20(13-15)16(17-3)18-10-8-14-6-7-14;/h14-15H,4-13H2,1-3H3,(H,17,18);1H. The van der Waals surface area contributed by atoms with Crippen molar-refractivity contribution in [1.29, 1.82) is 0 Å². The topological polar surface area (TPSA) is 30.9 Å². The Kier molecular flexibility index (Phi) is 8.94. The summed E-state index contributed by atoms with van der Waals surface area (Å²) < 4.78 is 0. The first kappa shape index (κ1) is 19.0. The Morgan fingerprint density at radius 2 is 1.90 bits per heavy atom. The van der Waals surface area contributed by atoms with Gasteiger partial charge in [-0.3, -0.25) is 4.99 Å². The zero-order chi connectivity index (χ0) is 14.4. The van der Waals surface area contributed by atoms with E-state index >= 15 is 0 Å². The highest BCUT2D eigenvalue weighted by Gasteiger charge is 2.26. The second-order valence-corrected chi connectivity index (χ2v) is 6.29. The van der Waals surface area contributed by atoms with E-state index in [9.17, 15) is 0 Å². The number of likely N-dealkylation sites (tertiary alicyclic amines) is 1. The van der Waals surface area contributed by atoms with Gasteiger partial charge < -0.3 is 15.1 Å². The zero-order valence-electron chi connectivity index (χ0n) is 14.0. The van der Waals surface area contributed by atoms with E-state index in [1.54, 1.807) is 0 Å². The molecule has 0 radical (unpaired) electrons. The molecular weight excluding hydrogens is 375 g/mol. The quantitative estimate of drug-likeness (QED) is 0.399. The second kappa shape index (κ2) is 9.87. The van der Waals surface area contributed by atoms with Gasteiger partial charge in [0.2, 0.25) is 0 Å². The van der Waals surface area contributed by atoms with Crippen LogP contribution in [-0.4, -0.2) is 62.1 Å². The van der Waals surface area contributed by atoms with Gasteiger partial charge in [-0.05, 0) is 37.8 Å². The molecule has 5 heteroatoms. The fourth-order valence-corrected chi connectivity index (χ4v) is 3.15. The van der Waals surface area contributed by atoms with E-state index < -0.39 is 0 Å². The van der Waals surface area contributed by atoms with Gasteiger partial charge in [-0.2, -0.15) is 0 Å². The Bertz CT molecular complexity index is 313. The van der Waals surface area contributed by atoms with Crippen molar-refractivity contribution in [1.82, 2.24) is 15.1 Å². The van der Waals surface area contributed by atoms with Gasteiger partial charge in [-0.1, -0.05) is 26.7 Å². The third-order valence-corrected chi connectivity index (χ3v) is 4.74. The molecule has 2 rings (SSSR count). The number of nitrogens with one attached hydrogen (secondary N) is 1. The van der Waals surface area contributed by atoms with Gasteiger partial charge in [0, 0.05) is 33.2 Å². The molecule has 1 atom stereocenters. The molecule has 4 nitrogen and oxygen atoms in total. The predicted molar refractivity (Wildman–Crippen MR) is 102 cm³/mol. The van der Waals surface area contributed by atoms with Crippen LogP contribution in [0, 0.1) is 11.8 Å². The lowest BCUT2D eigenvalue weighted by molar-refractivity contribution is 0.255. The van der Waals surface area contributed by atoms with Gasteiger partial charge in [0.1, 0.15) is 0 Å². The third-order valence-electron chi connectivity index (χ3n) is 4.74. The van der Waals surface area contributed by atoms with E-state index in [2.05, 4.69) is 34.0 Å². The Morgan fingerprint density at radius 3 is 2.48 bits per heavy atom. The molecule has 1 saturated carbocycles. The molecule has 2 aliphatic rings. The minimum Gasteiger partial charge on any atom is -0.356 e. The SMILES string of the molecule is CCN(CC)CC1CCN(C(=NC)NCCC2CC2)C1.I. The molecule has 1 heterocycles. The highest BCUT2D eigenvalue weighted by atomic mass is 127. The molecule has 1 aliphatic carbocycles. The van der Waals surface area contributed by atoms with Crippen LogP contribution >= 0.6 is 24.0 Å². The molecule has 1 saturated heterocycles. The lowest BCUT2D eigenvalue weighted by atomic mass is 10.1. The van der Waals surface area contributed by atoms with Gasteiger partial charge >= 0.3 is 0 Å². The Hall–Kier alpha value is -0.0400. The van der Waals surface area contributed by atoms with E-state index in [4.69, 9.17) is 0 Å². The number of rotatable bonds is 7. The van der Waals surface area contributed by atoms with Crippen LogP contribution in [-0.2, 0) is 0 Å². The molecular formula is C16H33IN4. The van der Waals surface area contributed by atoms with Crippen molar-refractivity contribution in [3.63, 3.8) is 0 Å². The fourth-order valence-electron chi connectivity index (χ4n) is 3.15. The van der Waals surface area contributed by atoms with Crippen molar-refractivity contribution in [3.8, 4) is 0 Å². The summed E-state index contributed by atoms with van der Waals surface area (Å²) in [5.74, 6) is 2.92. The average Bonchev–Trinajstić information content (AvgIpc) is 3.18. The summed E-state index contributed by atoms with van der Waals surface area (Å²) in [5.41, 5.74) is 0. The maximum atomic E-state index is 4.46. The molecule has 0 amide bonds. The first-order chi connectivity index (χ1) is 9.76. The zero-order valence-corrected chi connectivity index (χ0v) is 16.3. The maximum absolute atomic E-state index is 4.46. The molecule has 0 aromatic carbocycles. The highest BCUT2D eigenvalue weighted by Crippen LogP contribution is 2.31. The number of halogens is 1. The summed E-state index contributed by atoms with van der Waals surface area (Å²) >= 11 is 0. The summed E-state index contributed by atoms with van der Waals surface area (Å²) in [7, 11) is 1.91. The van der Waals surface area contributed by atoms with Crippen LogP contribution in [0.25, 0.3) is 0 Å². The second-order valence-electron chi connectivity index (χ2n) is 6.29. The number of aliphatic imine (C=N–C) groups is 1. The number of guanidine groups is 1. The molecule has 21 heavy (non-hydrogen) atoms. The minimum absolute atomic E-state index is 0. The first-order valence-corrected chi connectivity index (χ1v) is 8.44. The minimum atomic E-state index is 0. The largest absolute Gasteiger partial charge is 0.356 e. The van der Waals surface area contributed by atoms with Crippen LogP contribution in [0.3, 0.4) is 0 Å². The van der Waals surface area contributed by atoms with Crippen molar-refractivity contribution in [3.05, 3.63) is 0 Å². The van der Waals surface area contributed by atoms with Gasteiger partial charge in [-0.15, -0.1) is 24.0 Å². The summed E-state index contributed by atoms with van der Waals surface area (Å²) in [4.78, 5) is 9.44. The first-order valence-electron chi connectivity index (χ1n) is 8.44. The van der Waals surface area contributed by atoms with Gasteiger partial charge in [0.05, 0.1) is 0 Å². The van der Waals surface area contributed by atoms with E-state index in [1.165, 1.54) is 51.9 Å². The Balaban J connectivity index is 0.00000220. The number of hydrogen-bond donors (Lipinski definition) is 1. The molecule has 2 fully saturated rings. The summed E-state index contributed by atoms with van der Waals surface area (Å²) in [6.07, 6.45) is 5.50. The van der Waals surface area contributed by atoms with E-state index in [1.807, 2.05) is 7.05 Å². The van der Waals surface area contributed by atoms with E-state index in [-0.39, 0.29) is 24.0 Å². The van der Waals surface area contributed by atoms with Crippen LogP contribution in [0.2, 0.25) is 0 Å². The number of nitrogens with zero attached hydrogens (tertiary/aromatic N) is 3. The average molecular weight is 408 g/mol. The van der Waals surface area contributed by atoms with Crippen LogP contribution in [0.4, 0.5) is 0 Å². The normalized spacial score (nSPS) is 22.6. The van der Waals surface area contributed by atoms with Crippen molar-refractivity contribution in [2.75, 3.05) is 46.3 Å². The monoisotopic (exact) mass is 408 g/mol. The van der Waals surface area contributed by atoms with Crippen LogP contribution in [0.15, 0.2) is 4.99 Å². The van der Waals surface area contributed by atoms with Crippen molar-refractivity contribution < 1.29 is 0 Å². The number of hydrogen-bond acceptors (Lipinski definition) is 2. The lowest BCUT2D eigenvalue weighted by Gasteiger charge is -2.24. The smallest absolute Gasteiger partial charge is 0.193 e. The van der Waals surface area contributed by atoms with Crippen molar-refractivity contribution in [2.45, 2.75) is 39.5 Å². The summed E-state index contributed by atoms with van der Waals surface area (Å²) in [6.45, 7) is 11.5. The molecule has 124 valence electrons. The molecule has 1 aliphatic heterocycles. The molecule has 1 unspecified atom stereocenters. The molecule has 0 aromatic heterocycles. The third kappa shape index (κ3) is 6.30. The fraction of sp³-hybridized carbons (Fsp3) is 0.938.